The lowest BCUT2D eigenvalue weighted by molar-refractivity contribution is -0.161. The Morgan fingerprint density at radius 3 is 1.63 bits per heavy atom. The first-order chi connectivity index (χ1) is 30.2. The minimum absolute atomic E-state index is 0.0120. The number of rotatable bonds is 41. The number of aliphatic hydroxyl groups excluding tert-OH is 3. The van der Waals surface area contributed by atoms with Crippen LogP contribution in [0.4, 0.5) is 0 Å². The van der Waals surface area contributed by atoms with Crippen LogP contribution in [0.15, 0.2) is 85.1 Å². The van der Waals surface area contributed by atoms with Gasteiger partial charge in [0.15, 0.2) is 6.10 Å². The molecular weight excluding hydrogens is 854 g/mol. The van der Waals surface area contributed by atoms with Crippen LogP contribution >= 0.6 is 15.6 Å². The van der Waals surface area contributed by atoms with Crippen molar-refractivity contribution in [1.29, 1.82) is 0 Å². The van der Waals surface area contributed by atoms with Crippen molar-refractivity contribution in [3.63, 3.8) is 0 Å². The van der Waals surface area contributed by atoms with Gasteiger partial charge in [-0.2, -0.15) is 0 Å². The van der Waals surface area contributed by atoms with Crippen LogP contribution in [0.2, 0.25) is 0 Å². The summed E-state index contributed by atoms with van der Waals surface area (Å²) in [7, 11) is -9.76. The predicted molar refractivity (Wildman–Crippen MR) is 246 cm³/mol. The highest BCUT2D eigenvalue weighted by molar-refractivity contribution is 7.47. The van der Waals surface area contributed by atoms with Crippen molar-refractivity contribution in [2.75, 3.05) is 26.4 Å². The molecule has 5 atom stereocenters. The molecule has 0 aromatic heterocycles. The fourth-order valence-electron chi connectivity index (χ4n) is 5.45. The summed E-state index contributed by atoms with van der Waals surface area (Å²) in [6.07, 6.45) is 38.9. The number of aliphatic hydroxyl groups is 3. The van der Waals surface area contributed by atoms with Gasteiger partial charge in [-0.05, 0) is 77.0 Å². The van der Waals surface area contributed by atoms with E-state index in [4.69, 9.17) is 23.8 Å². The first-order valence-electron chi connectivity index (χ1n) is 22.4. The van der Waals surface area contributed by atoms with E-state index in [1.54, 1.807) is 0 Å². The third kappa shape index (κ3) is 42.9. The standard InChI is InChI=1S/C46H78O15P2/c1-3-5-7-9-11-12-13-14-15-16-17-18-19-20-21-22-23-27-31-35-45(50)57-39-42(40-60-63(55,56)59-38-41(47)37-58-62(52,53)54)61-46(51)36-32-28-24-26-30-34-44(49)43(48)33-29-25-10-8-6-4-2/h5,7,11-12,14-15,17-18,20-21,23,25,27,29,41-44,47-49H,3-4,6,8-10,13,16,19,22,24,26,28,30-40H2,1-2H3,(H,55,56)(H2,52,53,54)/b7-5-,12-11-,15-14-,18-17-,21-20-,27-23-,29-25-/t41-,42+,43-,44-/m0/s1. The van der Waals surface area contributed by atoms with Crippen LogP contribution in [0, 0.1) is 0 Å². The molecule has 0 aliphatic heterocycles. The van der Waals surface area contributed by atoms with Crippen molar-refractivity contribution in [2.24, 2.45) is 0 Å². The largest absolute Gasteiger partial charge is 0.472 e. The average molecular weight is 933 g/mol. The molecule has 0 aromatic carbocycles. The zero-order chi connectivity index (χ0) is 46.9. The van der Waals surface area contributed by atoms with E-state index in [-0.39, 0.29) is 12.8 Å². The van der Waals surface area contributed by atoms with Crippen LogP contribution < -0.4 is 0 Å². The summed E-state index contributed by atoms with van der Waals surface area (Å²) in [6.45, 7) is 1.31. The number of carbonyl (C=O) groups excluding carboxylic acids is 2. The summed E-state index contributed by atoms with van der Waals surface area (Å²) >= 11 is 0. The third-order valence-corrected chi connectivity index (χ3v) is 10.4. The Morgan fingerprint density at radius 1 is 0.524 bits per heavy atom. The Balaban J connectivity index is 4.74. The maximum Gasteiger partial charge on any atom is 0.472 e. The molecule has 0 spiro atoms. The molecular formula is C46H78O15P2. The number of hydrogen-bond acceptors (Lipinski definition) is 12. The third-order valence-electron chi connectivity index (χ3n) is 8.97. The van der Waals surface area contributed by atoms with E-state index < -0.39 is 78.4 Å². The van der Waals surface area contributed by atoms with Crippen molar-refractivity contribution in [1.82, 2.24) is 0 Å². The number of phosphoric ester groups is 2. The van der Waals surface area contributed by atoms with Gasteiger partial charge in [-0.15, -0.1) is 0 Å². The number of unbranched alkanes of at least 4 members (excludes halogenated alkanes) is 7. The summed E-state index contributed by atoms with van der Waals surface area (Å²) in [4.78, 5) is 52.7. The molecule has 0 aromatic rings. The van der Waals surface area contributed by atoms with Gasteiger partial charge < -0.3 is 39.5 Å². The maximum atomic E-state index is 12.7. The summed E-state index contributed by atoms with van der Waals surface area (Å²) in [6, 6.07) is 0. The van der Waals surface area contributed by atoms with E-state index in [1.165, 1.54) is 6.42 Å². The first-order valence-corrected chi connectivity index (χ1v) is 25.5. The number of hydrogen-bond donors (Lipinski definition) is 6. The number of allylic oxidation sites excluding steroid dienone is 13. The monoisotopic (exact) mass is 932 g/mol. The lowest BCUT2D eigenvalue weighted by atomic mass is 10.0. The molecule has 362 valence electrons. The Kier molecular flexibility index (Phi) is 38.9. The van der Waals surface area contributed by atoms with Crippen molar-refractivity contribution >= 4 is 27.6 Å². The van der Waals surface area contributed by atoms with E-state index in [1.807, 2.05) is 30.4 Å². The molecule has 0 saturated heterocycles. The Hall–Kier alpha value is -2.78. The average Bonchev–Trinajstić information content (AvgIpc) is 3.24. The first kappa shape index (κ1) is 60.2. The lowest BCUT2D eigenvalue weighted by Crippen LogP contribution is -2.29. The Morgan fingerprint density at radius 2 is 1.05 bits per heavy atom. The molecule has 0 aliphatic rings. The van der Waals surface area contributed by atoms with Gasteiger partial charge >= 0.3 is 27.6 Å². The lowest BCUT2D eigenvalue weighted by Gasteiger charge is -2.20. The number of ether oxygens (including phenoxy) is 2. The van der Waals surface area contributed by atoms with Crippen LogP contribution in [0.1, 0.15) is 142 Å². The number of esters is 2. The Bertz CT molecular complexity index is 1470. The van der Waals surface area contributed by atoms with Crippen molar-refractivity contribution in [3.05, 3.63) is 85.1 Å². The quantitative estimate of drug-likeness (QED) is 0.0145. The highest BCUT2D eigenvalue weighted by Crippen LogP contribution is 2.43. The van der Waals surface area contributed by atoms with Crippen LogP contribution in [-0.4, -0.2) is 92.8 Å². The number of carbonyl (C=O) groups is 2. The van der Waals surface area contributed by atoms with Gasteiger partial charge in [0.1, 0.15) is 12.7 Å². The zero-order valence-electron chi connectivity index (χ0n) is 37.6. The summed E-state index contributed by atoms with van der Waals surface area (Å²) in [5.41, 5.74) is 0. The highest BCUT2D eigenvalue weighted by atomic mass is 31.2. The van der Waals surface area contributed by atoms with Crippen LogP contribution in [0.5, 0.6) is 0 Å². The second kappa shape index (κ2) is 40.7. The molecule has 0 heterocycles. The Labute approximate surface area is 376 Å². The molecule has 0 aliphatic carbocycles. The topological polar surface area (TPSA) is 236 Å². The van der Waals surface area contributed by atoms with Gasteiger partial charge in [0.2, 0.25) is 0 Å². The molecule has 0 fully saturated rings. The summed E-state index contributed by atoms with van der Waals surface area (Å²) in [5.74, 6) is -1.25. The fourth-order valence-corrected chi connectivity index (χ4v) is 6.61. The van der Waals surface area contributed by atoms with Gasteiger partial charge in [-0.3, -0.25) is 23.2 Å². The second-order valence-corrected chi connectivity index (χ2v) is 17.6. The molecule has 0 amide bonds. The maximum absolute atomic E-state index is 12.7. The van der Waals surface area contributed by atoms with Gasteiger partial charge in [0, 0.05) is 12.8 Å². The van der Waals surface area contributed by atoms with Gasteiger partial charge in [-0.25, -0.2) is 9.13 Å². The van der Waals surface area contributed by atoms with Crippen LogP contribution in [0.25, 0.3) is 0 Å². The molecule has 1 unspecified atom stereocenters. The molecule has 63 heavy (non-hydrogen) atoms. The summed E-state index contributed by atoms with van der Waals surface area (Å²) in [5, 5.41) is 30.2. The van der Waals surface area contributed by atoms with E-state index >= 15 is 0 Å². The minimum Gasteiger partial charge on any atom is -0.462 e. The van der Waals surface area contributed by atoms with Crippen LogP contribution in [-0.2, 0) is 41.8 Å². The molecule has 6 N–H and O–H groups in total. The van der Waals surface area contributed by atoms with Crippen molar-refractivity contribution in [3.8, 4) is 0 Å². The zero-order valence-corrected chi connectivity index (χ0v) is 39.4. The smallest absolute Gasteiger partial charge is 0.462 e. The van der Waals surface area contributed by atoms with Crippen LogP contribution in [0.3, 0.4) is 0 Å². The molecule has 17 heteroatoms. The molecule has 0 bridgehead atoms. The van der Waals surface area contributed by atoms with Crippen molar-refractivity contribution < 1.29 is 71.8 Å². The highest BCUT2D eigenvalue weighted by Gasteiger charge is 2.28. The van der Waals surface area contributed by atoms with Gasteiger partial charge in [-0.1, -0.05) is 137 Å². The molecule has 0 radical (unpaired) electrons. The molecule has 15 nitrogen and oxygen atoms in total. The van der Waals surface area contributed by atoms with E-state index in [9.17, 15) is 38.9 Å². The van der Waals surface area contributed by atoms with Gasteiger partial charge in [0.25, 0.3) is 0 Å². The van der Waals surface area contributed by atoms with Crippen molar-refractivity contribution in [2.45, 2.75) is 167 Å². The van der Waals surface area contributed by atoms with E-state index in [2.05, 4.69) is 77.6 Å². The normalized spacial score (nSPS) is 15.7. The number of phosphoric acid groups is 2. The predicted octanol–water partition coefficient (Wildman–Crippen LogP) is 9.50. The summed E-state index contributed by atoms with van der Waals surface area (Å²) < 4.78 is 47.6. The fraction of sp³-hybridized carbons (Fsp3) is 0.652. The SMILES string of the molecule is CC/C=C\C/C=C\C/C=C\C/C=C\C/C=C\C/C=C\CCC(=O)OC[C@H](COP(=O)(O)OC[C@@H](O)COP(=O)(O)O)OC(=O)CCCCCCC[C@H](O)[C@@H](O)C/C=C\CCCCC. The van der Waals surface area contributed by atoms with Gasteiger partial charge in [0.05, 0.1) is 32.0 Å². The van der Waals surface area contributed by atoms with E-state index in [0.29, 0.717) is 44.9 Å². The second-order valence-electron chi connectivity index (χ2n) is 14.9. The minimum atomic E-state index is -4.89. The van der Waals surface area contributed by atoms with E-state index in [0.717, 1.165) is 64.2 Å². The molecule has 0 rings (SSSR count). The molecule has 0 saturated carbocycles.